The highest BCUT2D eigenvalue weighted by molar-refractivity contribution is 5.96. The predicted molar refractivity (Wildman–Crippen MR) is 136 cm³/mol. The summed E-state index contributed by atoms with van der Waals surface area (Å²) in [6, 6.07) is 10.7. The van der Waals surface area contributed by atoms with Crippen molar-refractivity contribution in [2.45, 2.75) is 34.6 Å². The average molecular weight is 469 g/mol. The first kappa shape index (κ1) is 26.6. The van der Waals surface area contributed by atoms with Crippen LogP contribution in [0.25, 0.3) is 5.57 Å². The molecule has 0 saturated carbocycles. The van der Waals surface area contributed by atoms with Crippen molar-refractivity contribution < 1.29 is 19.1 Å². The van der Waals surface area contributed by atoms with E-state index in [1.165, 1.54) is 18.3 Å². The van der Waals surface area contributed by atoms with E-state index < -0.39 is 12.0 Å². The summed E-state index contributed by atoms with van der Waals surface area (Å²) in [7, 11) is 0. The highest BCUT2D eigenvalue weighted by Crippen LogP contribution is 2.31. The molecular weight excluding hydrogens is 435 g/mol. The van der Waals surface area contributed by atoms with Gasteiger partial charge in [-0.2, -0.15) is 5.10 Å². The number of allylic oxidation sites excluding steroid dienone is 1. The number of hydrogen-bond acceptors (Lipinski definition) is 4. The van der Waals surface area contributed by atoms with E-state index in [0.717, 1.165) is 24.9 Å². The molecule has 0 spiro atoms. The lowest BCUT2D eigenvalue weighted by Gasteiger charge is -2.30. The summed E-state index contributed by atoms with van der Waals surface area (Å²) < 4.78 is 13.0. The van der Waals surface area contributed by atoms with Gasteiger partial charge in [-0.3, -0.25) is 0 Å². The van der Waals surface area contributed by atoms with Gasteiger partial charge in [-0.25, -0.2) is 19.4 Å². The molecule has 0 aliphatic rings. The van der Waals surface area contributed by atoms with Crippen molar-refractivity contribution in [1.29, 1.82) is 0 Å². The molecule has 0 unspecified atom stereocenters. The van der Waals surface area contributed by atoms with Gasteiger partial charge in [-0.15, -0.1) is 0 Å². The first-order valence-electron chi connectivity index (χ1n) is 11.2. The lowest BCUT2D eigenvalue weighted by Crippen LogP contribution is -2.33. The number of carbonyl (C=O) groups is 2. The number of halogens is 1. The summed E-state index contributed by atoms with van der Waals surface area (Å²) in [6.07, 6.45) is 2.55. The van der Waals surface area contributed by atoms with Gasteiger partial charge < -0.3 is 15.3 Å². The SMILES string of the molecule is C/C(=C\C(=O)O)c1ccc(N(CC(C)C)CC(C)C)c(NC(=O)N/N=C/c2ccc(F)cc2)c1. The molecule has 2 amide bonds. The normalized spacial score (nSPS) is 11.8. The molecule has 0 radical (unpaired) electrons. The number of urea groups is 1. The fraction of sp³-hybridized carbons (Fsp3) is 0.346. The van der Waals surface area contributed by atoms with Gasteiger partial charge in [0, 0.05) is 19.2 Å². The summed E-state index contributed by atoms with van der Waals surface area (Å²) in [4.78, 5) is 25.9. The Hall–Kier alpha value is -3.68. The number of benzene rings is 2. The van der Waals surface area contributed by atoms with Crippen molar-refractivity contribution in [2.24, 2.45) is 16.9 Å². The maximum Gasteiger partial charge on any atom is 0.339 e. The lowest BCUT2D eigenvalue weighted by molar-refractivity contribution is -0.131. The molecule has 34 heavy (non-hydrogen) atoms. The number of nitrogens with one attached hydrogen (secondary N) is 2. The molecule has 0 aromatic heterocycles. The Morgan fingerprint density at radius 1 is 1.06 bits per heavy atom. The molecule has 2 rings (SSSR count). The summed E-state index contributed by atoms with van der Waals surface area (Å²) in [6.45, 7) is 11.8. The number of amides is 2. The van der Waals surface area contributed by atoms with E-state index in [9.17, 15) is 14.0 Å². The minimum absolute atomic E-state index is 0.352. The standard InChI is InChI=1S/C26H33FN4O3/c1-17(2)15-31(16-18(3)4)24-11-8-21(19(5)12-25(32)33)13-23(24)29-26(34)30-28-14-20-6-9-22(27)10-7-20/h6-14,17-18H,15-16H2,1-5H3,(H,32,33)(H2,29,30,34)/b19-12+,28-14+. The molecule has 3 N–H and O–H groups in total. The van der Waals surface area contributed by atoms with Crippen LogP contribution in [0.4, 0.5) is 20.6 Å². The number of nitrogens with zero attached hydrogens (tertiary/aromatic N) is 2. The number of rotatable bonds is 10. The highest BCUT2D eigenvalue weighted by atomic mass is 19.1. The van der Waals surface area contributed by atoms with Crippen molar-refractivity contribution in [3.8, 4) is 0 Å². The van der Waals surface area contributed by atoms with Crippen LogP contribution in [-0.4, -0.2) is 36.4 Å². The van der Waals surface area contributed by atoms with Gasteiger partial charge in [0.2, 0.25) is 0 Å². The van der Waals surface area contributed by atoms with Gasteiger partial charge in [-0.05, 0) is 59.7 Å². The van der Waals surface area contributed by atoms with Crippen LogP contribution in [0.3, 0.4) is 0 Å². The average Bonchev–Trinajstić information content (AvgIpc) is 2.73. The van der Waals surface area contributed by atoms with Crippen LogP contribution >= 0.6 is 0 Å². The van der Waals surface area contributed by atoms with Crippen LogP contribution in [0.1, 0.15) is 45.7 Å². The zero-order valence-electron chi connectivity index (χ0n) is 20.3. The number of carboxylic acid groups (broad SMARTS) is 1. The monoisotopic (exact) mass is 468 g/mol. The van der Waals surface area contributed by atoms with Crippen molar-refractivity contribution in [2.75, 3.05) is 23.3 Å². The quantitative estimate of drug-likeness (QED) is 0.241. The third-order valence-corrected chi connectivity index (χ3v) is 4.80. The van der Waals surface area contributed by atoms with E-state index in [0.29, 0.717) is 34.2 Å². The predicted octanol–water partition coefficient (Wildman–Crippen LogP) is 5.59. The Labute approximate surface area is 200 Å². The molecule has 0 saturated heterocycles. The van der Waals surface area contributed by atoms with Crippen LogP contribution < -0.4 is 15.6 Å². The maximum atomic E-state index is 13.0. The second-order valence-electron chi connectivity index (χ2n) is 8.97. The van der Waals surface area contributed by atoms with Crippen molar-refractivity contribution >= 4 is 35.2 Å². The van der Waals surface area contributed by atoms with E-state index in [2.05, 4.69) is 48.4 Å². The van der Waals surface area contributed by atoms with E-state index in [1.807, 2.05) is 12.1 Å². The maximum absolute atomic E-state index is 13.0. The number of anilines is 2. The molecular formula is C26H33FN4O3. The minimum atomic E-state index is -1.04. The van der Waals surface area contributed by atoms with Crippen LogP contribution in [0.2, 0.25) is 0 Å². The zero-order valence-corrected chi connectivity index (χ0v) is 20.3. The first-order valence-corrected chi connectivity index (χ1v) is 11.2. The Balaban J connectivity index is 2.32. The Kier molecular flexibility index (Phi) is 9.79. The van der Waals surface area contributed by atoms with Gasteiger partial charge in [0.1, 0.15) is 5.82 Å². The lowest BCUT2D eigenvalue weighted by atomic mass is 10.0. The third-order valence-electron chi connectivity index (χ3n) is 4.80. The van der Waals surface area contributed by atoms with Gasteiger partial charge >= 0.3 is 12.0 Å². The number of hydrazone groups is 1. The smallest absolute Gasteiger partial charge is 0.339 e. The van der Waals surface area contributed by atoms with E-state index in [-0.39, 0.29) is 5.82 Å². The molecule has 7 nitrogen and oxygen atoms in total. The number of carbonyl (C=O) groups excluding carboxylic acids is 1. The van der Waals surface area contributed by atoms with Crippen molar-refractivity contribution in [1.82, 2.24) is 5.43 Å². The van der Waals surface area contributed by atoms with Gasteiger partial charge in [0.15, 0.2) is 0 Å². The second-order valence-corrected chi connectivity index (χ2v) is 8.97. The summed E-state index contributed by atoms with van der Waals surface area (Å²) in [5, 5.41) is 15.9. The third kappa shape index (κ3) is 8.69. The summed E-state index contributed by atoms with van der Waals surface area (Å²) in [5.41, 5.74) is 5.70. The van der Waals surface area contributed by atoms with Crippen LogP contribution in [0.5, 0.6) is 0 Å². The van der Waals surface area contributed by atoms with Crippen LogP contribution in [-0.2, 0) is 4.79 Å². The molecule has 0 aliphatic heterocycles. The fourth-order valence-electron chi connectivity index (χ4n) is 3.44. The molecule has 2 aromatic carbocycles. The van der Waals surface area contributed by atoms with Gasteiger partial charge in [-0.1, -0.05) is 45.9 Å². The molecule has 8 heteroatoms. The van der Waals surface area contributed by atoms with Crippen molar-refractivity contribution in [3.05, 3.63) is 65.5 Å². The van der Waals surface area contributed by atoms with E-state index in [1.54, 1.807) is 25.1 Å². The van der Waals surface area contributed by atoms with E-state index >= 15 is 0 Å². The molecule has 0 aliphatic carbocycles. The molecule has 0 fully saturated rings. The topological polar surface area (TPSA) is 94.0 Å². The van der Waals surface area contributed by atoms with E-state index in [4.69, 9.17) is 5.11 Å². The van der Waals surface area contributed by atoms with Crippen molar-refractivity contribution in [3.63, 3.8) is 0 Å². The number of hydrogen-bond donors (Lipinski definition) is 3. The molecule has 0 bridgehead atoms. The Morgan fingerprint density at radius 2 is 1.68 bits per heavy atom. The zero-order chi connectivity index (χ0) is 25.3. The Morgan fingerprint density at radius 3 is 2.24 bits per heavy atom. The summed E-state index contributed by atoms with van der Waals surface area (Å²) >= 11 is 0. The number of carboxylic acids is 1. The molecule has 0 heterocycles. The Bertz CT molecular complexity index is 1040. The van der Waals surface area contributed by atoms with Crippen LogP contribution in [0, 0.1) is 17.7 Å². The first-order chi connectivity index (χ1) is 16.0. The molecule has 182 valence electrons. The second kappa shape index (κ2) is 12.5. The fourth-order valence-corrected chi connectivity index (χ4v) is 3.44. The largest absolute Gasteiger partial charge is 0.478 e. The van der Waals surface area contributed by atoms with Gasteiger partial charge in [0.05, 0.1) is 17.6 Å². The molecule has 2 aromatic rings. The summed E-state index contributed by atoms with van der Waals surface area (Å²) in [5.74, 6) is -0.594. The van der Waals surface area contributed by atoms with Crippen LogP contribution in [0.15, 0.2) is 53.6 Å². The number of aliphatic carboxylic acids is 1. The highest BCUT2D eigenvalue weighted by Gasteiger charge is 2.17. The minimum Gasteiger partial charge on any atom is -0.478 e. The molecule has 0 atom stereocenters. The van der Waals surface area contributed by atoms with Gasteiger partial charge in [0.25, 0.3) is 0 Å².